The van der Waals surface area contributed by atoms with Crippen molar-refractivity contribution < 1.29 is 14.4 Å². The first kappa shape index (κ1) is 15.5. The van der Waals surface area contributed by atoms with Crippen molar-refractivity contribution in [2.45, 2.75) is 13.1 Å². The van der Waals surface area contributed by atoms with Crippen LogP contribution in [0.1, 0.15) is 10.4 Å². The molecule has 0 amide bonds. The fourth-order valence-electron chi connectivity index (χ4n) is 1.96. The predicted octanol–water partition coefficient (Wildman–Crippen LogP) is 1.85. The zero-order valence-electron chi connectivity index (χ0n) is 10.9. The van der Waals surface area contributed by atoms with E-state index >= 15 is 0 Å². The Labute approximate surface area is 126 Å². The highest BCUT2D eigenvalue weighted by molar-refractivity contribution is 7.16. The lowest BCUT2D eigenvalue weighted by atomic mass is 9.79. The van der Waals surface area contributed by atoms with Gasteiger partial charge in [0.2, 0.25) is 0 Å². The number of rotatable bonds is 5. The van der Waals surface area contributed by atoms with Gasteiger partial charge in [-0.2, -0.15) is 0 Å². The molecular weight excluding hydrogens is 299 g/mol. The molecule has 0 aliphatic rings. The molecule has 0 saturated heterocycles. The normalized spacial score (nSPS) is 11.1. The molecule has 1 heterocycles. The van der Waals surface area contributed by atoms with E-state index in [2.05, 4.69) is 0 Å². The molecule has 2 N–H and O–H groups in total. The molecule has 0 saturated carbocycles. The second-order valence-corrected chi connectivity index (χ2v) is 6.41. The van der Waals surface area contributed by atoms with Crippen molar-refractivity contribution >= 4 is 35.5 Å². The molecule has 0 aliphatic carbocycles. The van der Waals surface area contributed by atoms with Gasteiger partial charge in [0.15, 0.2) is 0 Å². The smallest absolute Gasteiger partial charge is 0.423 e. The van der Waals surface area contributed by atoms with Crippen molar-refractivity contribution in [1.82, 2.24) is 4.90 Å². The Morgan fingerprint density at radius 3 is 2.60 bits per heavy atom. The highest BCUT2D eigenvalue weighted by Gasteiger charge is 2.17. The van der Waals surface area contributed by atoms with Gasteiger partial charge in [-0.15, -0.1) is 11.3 Å². The number of hydrogen-bond acceptors (Lipinski definition) is 4. The third-order valence-electron chi connectivity index (χ3n) is 2.85. The summed E-state index contributed by atoms with van der Waals surface area (Å²) in [5, 5.41) is 18.2. The molecule has 0 bridgehead atoms. The molecule has 0 atom stereocenters. The first-order valence-corrected chi connectivity index (χ1v) is 7.22. The van der Waals surface area contributed by atoms with E-state index in [0.29, 0.717) is 6.54 Å². The maximum atomic E-state index is 13.4. The molecule has 0 unspecified atom stereocenters. The monoisotopic (exact) mass is 313 g/mol. The van der Waals surface area contributed by atoms with Gasteiger partial charge < -0.3 is 10.0 Å². The maximum absolute atomic E-state index is 13.4. The van der Waals surface area contributed by atoms with Gasteiger partial charge in [0.1, 0.15) is 5.82 Å². The second kappa shape index (κ2) is 6.69. The summed E-state index contributed by atoms with van der Waals surface area (Å²) in [7, 11) is 0.141. The molecule has 1 aromatic heterocycles. The van der Waals surface area contributed by atoms with Crippen LogP contribution in [0.3, 0.4) is 0 Å². The molecule has 0 fully saturated rings. The molecular formula is C13H14BClFNO2S. The Bertz CT molecular complexity index is 594. The average Bonchev–Trinajstić information content (AvgIpc) is 2.76. The Morgan fingerprint density at radius 2 is 2.00 bits per heavy atom. The van der Waals surface area contributed by atoms with Crippen molar-refractivity contribution in [1.29, 1.82) is 0 Å². The minimum atomic E-state index is -1.80. The summed E-state index contributed by atoms with van der Waals surface area (Å²) >= 11 is 7.40. The van der Waals surface area contributed by atoms with Gasteiger partial charge in [-0.25, -0.2) is 4.39 Å². The average molecular weight is 314 g/mol. The van der Waals surface area contributed by atoms with Gasteiger partial charge >= 0.3 is 7.12 Å². The van der Waals surface area contributed by atoms with Crippen molar-refractivity contribution in [2.24, 2.45) is 0 Å². The largest absolute Gasteiger partial charge is 0.491 e. The van der Waals surface area contributed by atoms with Crippen LogP contribution in [0, 0.1) is 5.82 Å². The summed E-state index contributed by atoms with van der Waals surface area (Å²) in [4.78, 5) is 3.19. The lowest BCUT2D eigenvalue weighted by Gasteiger charge is -2.16. The van der Waals surface area contributed by atoms with E-state index in [-0.39, 0.29) is 5.46 Å². The minimum absolute atomic E-state index is 0.102. The number of halogens is 2. The van der Waals surface area contributed by atoms with Crippen LogP contribution in [0.4, 0.5) is 4.39 Å². The SMILES string of the molecule is CN(Cc1ccc(F)c(B(O)O)c1)Cc1ccc(Cl)s1. The Hall–Kier alpha value is -0.915. The van der Waals surface area contributed by atoms with Crippen LogP contribution in [-0.4, -0.2) is 29.1 Å². The van der Waals surface area contributed by atoms with Gasteiger partial charge in [0.05, 0.1) is 4.34 Å². The fourth-order valence-corrected chi connectivity index (χ4v) is 3.13. The standard InChI is InChI=1S/C13H14BClFNO2S/c1-17(8-10-3-5-13(15)20-10)7-9-2-4-12(16)11(6-9)14(18)19/h2-6,18-19H,7-8H2,1H3. The zero-order valence-corrected chi connectivity index (χ0v) is 12.5. The molecule has 0 aliphatic heterocycles. The summed E-state index contributed by atoms with van der Waals surface area (Å²) in [6.45, 7) is 1.31. The summed E-state index contributed by atoms with van der Waals surface area (Å²) < 4.78 is 14.1. The van der Waals surface area contributed by atoms with Gasteiger partial charge in [0, 0.05) is 23.4 Å². The molecule has 20 heavy (non-hydrogen) atoms. The summed E-state index contributed by atoms with van der Waals surface area (Å²) in [6.07, 6.45) is 0. The number of benzene rings is 1. The van der Waals surface area contributed by atoms with Crippen LogP contribution in [-0.2, 0) is 13.1 Å². The third kappa shape index (κ3) is 4.04. The molecule has 106 valence electrons. The Morgan fingerprint density at radius 1 is 1.25 bits per heavy atom. The lowest BCUT2D eigenvalue weighted by molar-refractivity contribution is 0.322. The Balaban J connectivity index is 2.04. The van der Waals surface area contributed by atoms with Crippen molar-refractivity contribution in [3.05, 3.63) is 50.9 Å². The zero-order chi connectivity index (χ0) is 14.7. The molecule has 2 rings (SSSR count). The lowest BCUT2D eigenvalue weighted by Crippen LogP contribution is -2.33. The molecule has 1 aromatic carbocycles. The fraction of sp³-hybridized carbons (Fsp3) is 0.231. The number of nitrogens with zero attached hydrogens (tertiary/aromatic N) is 1. The highest BCUT2D eigenvalue weighted by atomic mass is 35.5. The molecule has 0 spiro atoms. The van der Waals surface area contributed by atoms with Gasteiger partial charge in [-0.1, -0.05) is 23.7 Å². The number of thiophene rings is 1. The van der Waals surface area contributed by atoms with E-state index in [1.807, 2.05) is 24.1 Å². The summed E-state index contributed by atoms with van der Waals surface area (Å²) in [5.41, 5.74) is 0.717. The number of hydrogen-bond donors (Lipinski definition) is 2. The molecule has 0 radical (unpaired) electrons. The highest BCUT2D eigenvalue weighted by Crippen LogP contribution is 2.22. The van der Waals surface area contributed by atoms with E-state index in [1.165, 1.54) is 23.5 Å². The van der Waals surface area contributed by atoms with Crippen LogP contribution < -0.4 is 5.46 Å². The van der Waals surface area contributed by atoms with Crippen molar-refractivity contribution in [3.63, 3.8) is 0 Å². The van der Waals surface area contributed by atoms with Crippen LogP contribution in [0.25, 0.3) is 0 Å². The topological polar surface area (TPSA) is 43.7 Å². The van der Waals surface area contributed by atoms with E-state index in [1.54, 1.807) is 6.07 Å². The third-order valence-corrected chi connectivity index (χ3v) is 4.06. The quantitative estimate of drug-likeness (QED) is 0.828. The van der Waals surface area contributed by atoms with E-state index in [0.717, 1.165) is 21.3 Å². The van der Waals surface area contributed by atoms with Crippen LogP contribution in [0.15, 0.2) is 30.3 Å². The second-order valence-electron chi connectivity index (χ2n) is 4.61. The van der Waals surface area contributed by atoms with Crippen molar-refractivity contribution in [2.75, 3.05) is 7.05 Å². The van der Waals surface area contributed by atoms with Gasteiger partial charge in [-0.05, 0) is 30.8 Å². The first-order valence-electron chi connectivity index (χ1n) is 6.03. The van der Waals surface area contributed by atoms with Gasteiger partial charge in [-0.3, -0.25) is 4.90 Å². The predicted molar refractivity (Wildman–Crippen MR) is 80.7 cm³/mol. The molecule has 2 aromatic rings. The van der Waals surface area contributed by atoms with Gasteiger partial charge in [0.25, 0.3) is 0 Å². The van der Waals surface area contributed by atoms with E-state index < -0.39 is 12.9 Å². The summed E-state index contributed by atoms with van der Waals surface area (Å²) in [6, 6.07) is 8.18. The van der Waals surface area contributed by atoms with E-state index in [4.69, 9.17) is 21.6 Å². The molecule has 3 nitrogen and oxygen atoms in total. The summed E-state index contributed by atoms with van der Waals surface area (Å²) in [5.74, 6) is -0.614. The van der Waals surface area contributed by atoms with Crippen LogP contribution >= 0.6 is 22.9 Å². The first-order chi connectivity index (χ1) is 9.45. The van der Waals surface area contributed by atoms with E-state index in [9.17, 15) is 4.39 Å². The van der Waals surface area contributed by atoms with Crippen LogP contribution in [0.2, 0.25) is 4.34 Å². The molecule has 7 heteroatoms. The Kier molecular flexibility index (Phi) is 5.18. The van der Waals surface area contributed by atoms with Crippen LogP contribution in [0.5, 0.6) is 0 Å². The minimum Gasteiger partial charge on any atom is -0.423 e. The van der Waals surface area contributed by atoms with Crippen molar-refractivity contribution in [3.8, 4) is 0 Å². The maximum Gasteiger partial charge on any atom is 0.491 e.